The van der Waals surface area contributed by atoms with E-state index in [0.717, 1.165) is 30.4 Å². The summed E-state index contributed by atoms with van der Waals surface area (Å²) >= 11 is 0. The zero-order valence-electron chi connectivity index (χ0n) is 16.2. The molecule has 28 heavy (non-hydrogen) atoms. The predicted molar refractivity (Wildman–Crippen MR) is 111 cm³/mol. The molecule has 0 fully saturated rings. The summed E-state index contributed by atoms with van der Waals surface area (Å²) in [6.07, 6.45) is 7.11. The fourth-order valence-corrected chi connectivity index (χ4v) is 4.04. The fraction of sp³-hybridized carbons (Fsp3) is 0.280. The number of carbonyl (C=O) groups excluding carboxylic acids is 1. The Balaban J connectivity index is 1.46. The minimum Gasteiger partial charge on any atom is -0.464 e. The van der Waals surface area contributed by atoms with Gasteiger partial charge in [-0.15, -0.1) is 0 Å². The Morgan fingerprint density at radius 1 is 0.964 bits per heavy atom. The maximum atomic E-state index is 12.6. The van der Waals surface area contributed by atoms with Gasteiger partial charge in [-0.05, 0) is 52.3 Å². The van der Waals surface area contributed by atoms with E-state index in [4.69, 9.17) is 4.74 Å². The first kappa shape index (κ1) is 18.4. The molecule has 3 heteroatoms. The van der Waals surface area contributed by atoms with Gasteiger partial charge in [0.15, 0.2) is 0 Å². The van der Waals surface area contributed by atoms with Crippen LogP contribution in [0.1, 0.15) is 47.9 Å². The van der Waals surface area contributed by atoms with Gasteiger partial charge in [0.05, 0.1) is 6.42 Å². The van der Waals surface area contributed by atoms with Crippen LogP contribution in [-0.2, 0) is 22.4 Å². The molecule has 3 aromatic rings. The van der Waals surface area contributed by atoms with Crippen molar-refractivity contribution in [2.24, 2.45) is 0 Å². The molecule has 0 saturated heterocycles. The largest absolute Gasteiger partial charge is 0.464 e. The summed E-state index contributed by atoms with van der Waals surface area (Å²) in [5.41, 5.74) is 7.15. The summed E-state index contributed by atoms with van der Waals surface area (Å²) in [4.78, 5) is 16.8. The molecule has 0 atom stereocenters. The summed E-state index contributed by atoms with van der Waals surface area (Å²) in [7, 11) is 0. The van der Waals surface area contributed by atoms with Gasteiger partial charge < -0.3 is 4.74 Å². The van der Waals surface area contributed by atoms with Crippen LogP contribution in [0.4, 0.5) is 0 Å². The van der Waals surface area contributed by atoms with Crippen molar-refractivity contribution in [1.29, 1.82) is 0 Å². The molecule has 0 bridgehead atoms. The Bertz CT molecular complexity index is 934. The third-order valence-electron chi connectivity index (χ3n) is 5.51. The van der Waals surface area contributed by atoms with Crippen molar-refractivity contribution >= 4 is 5.97 Å². The number of hydrogen-bond acceptors (Lipinski definition) is 3. The average Bonchev–Trinajstić information content (AvgIpc) is 3.05. The summed E-state index contributed by atoms with van der Waals surface area (Å²) < 4.78 is 5.74. The molecular weight excluding hydrogens is 346 g/mol. The van der Waals surface area contributed by atoms with Crippen LogP contribution in [0.25, 0.3) is 11.1 Å². The Morgan fingerprint density at radius 3 is 2.32 bits per heavy atom. The number of fused-ring (bicyclic) bond motifs is 3. The SMILES string of the molecule is CCCCc1cnccc1CC(=O)OCC1c2ccccc2-c2ccccc21. The van der Waals surface area contributed by atoms with Crippen LogP contribution in [0.5, 0.6) is 0 Å². The van der Waals surface area contributed by atoms with Gasteiger partial charge in [0.25, 0.3) is 0 Å². The second kappa shape index (κ2) is 8.39. The van der Waals surface area contributed by atoms with Crippen LogP contribution in [-0.4, -0.2) is 17.6 Å². The highest BCUT2D eigenvalue weighted by Gasteiger charge is 2.29. The number of carbonyl (C=O) groups is 1. The number of rotatable bonds is 7. The molecule has 0 saturated carbocycles. The fourth-order valence-electron chi connectivity index (χ4n) is 4.04. The van der Waals surface area contributed by atoms with Crippen molar-refractivity contribution in [3.05, 3.63) is 89.2 Å². The topological polar surface area (TPSA) is 39.2 Å². The van der Waals surface area contributed by atoms with Gasteiger partial charge in [-0.3, -0.25) is 9.78 Å². The first-order valence-corrected chi connectivity index (χ1v) is 10.0. The molecule has 1 aliphatic carbocycles. The van der Waals surface area contributed by atoms with Crippen LogP contribution in [0, 0.1) is 0 Å². The third-order valence-corrected chi connectivity index (χ3v) is 5.51. The summed E-state index contributed by atoms with van der Waals surface area (Å²) in [6.45, 7) is 2.55. The highest BCUT2D eigenvalue weighted by atomic mass is 16.5. The Labute approximate surface area is 166 Å². The Hall–Kier alpha value is -2.94. The number of aryl methyl sites for hydroxylation is 1. The molecule has 0 aliphatic heterocycles. The van der Waals surface area contributed by atoms with Gasteiger partial charge in [-0.1, -0.05) is 61.9 Å². The maximum Gasteiger partial charge on any atom is 0.310 e. The monoisotopic (exact) mass is 371 g/mol. The van der Waals surface area contributed by atoms with Crippen molar-refractivity contribution in [2.45, 2.75) is 38.5 Å². The van der Waals surface area contributed by atoms with Gasteiger partial charge in [0, 0.05) is 18.3 Å². The number of benzene rings is 2. The van der Waals surface area contributed by atoms with E-state index in [1.807, 2.05) is 12.3 Å². The van der Waals surface area contributed by atoms with Gasteiger partial charge in [-0.25, -0.2) is 0 Å². The first-order chi connectivity index (χ1) is 13.8. The van der Waals surface area contributed by atoms with Crippen molar-refractivity contribution in [2.75, 3.05) is 6.61 Å². The van der Waals surface area contributed by atoms with Crippen LogP contribution in [0.15, 0.2) is 67.0 Å². The third kappa shape index (κ3) is 3.70. The number of nitrogens with zero attached hydrogens (tertiary/aromatic N) is 1. The van der Waals surface area contributed by atoms with Crippen molar-refractivity contribution in [1.82, 2.24) is 4.98 Å². The van der Waals surface area contributed by atoms with Crippen LogP contribution >= 0.6 is 0 Å². The van der Waals surface area contributed by atoms with Gasteiger partial charge in [0.2, 0.25) is 0 Å². The number of pyridine rings is 1. The van der Waals surface area contributed by atoms with Crippen LogP contribution in [0.2, 0.25) is 0 Å². The summed E-state index contributed by atoms with van der Waals surface area (Å²) in [5, 5.41) is 0. The highest BCUT2D eigenvalue weighted by Crippen LogP contribution is 2.44. The molecule has 0 unspecified atom stereocenters. The zero-order chi connectivity index (χ0) is 19.3. The van der Waals surface area contributed by atoms with E-state index in [-0.39, 0.29) is 11.9 Å². The van der Waals surface area contributed by atoms with Crippen LogP contribution < -0.4 is 0 Å². The normalized spacial score (nSPS) is 12.5. The van der Waals surface area contributed by atoms with E-state index in [1.165, 1.54) is 22.3 Å². The molecule has 2 aromatic carbocycles. The summed E-state index contributed by atoms with van der Waals surface area (Å²) in [6, 6.07) is 18.7. The molecule has 1 aliphatic rings. The molecule has 4 rings (SSSR count). The first-order valence-electron chi connectivity index (χ1n) is 10.0. The lowest BCUT2D eigenvalue weighted by atomic mass is 9.98. The molecule has 0 amide bonds. The van der Waals surface area contributed by atoms with E-state index in [1.54, 1.807) is 6.20 Å². The average molecular weight is 371 g/mol. The smallest absolute Gasteiger partial charge is 0.310 e. The number of esters is 1. The second-order valence-electron chi connectivity index (χ2n) is 7.33. The molecule has 142 valence electrons. The molecule has 3 nitrogen and oxygen atoms in total. The summed E-state index contributed by atoms with van der Waals surface area (Å²) in [5.74, 6) is -0.0702. The van der Waals surface area contributed by atoms with E-state index < -0.39 is 0 Å². The number of ether oxygens (including phenoxy) is 1. The van der Waals surface area contributed by atoms with E-state index in [2.05, 4.69) is 60.4 Å². The maximum absolute atomic E-state index is 12.6. The number of hydrogen-bond donors (Lipinski definition) is 0. The predicted octanol–water partition coefficient (Wildman–Crippen LogP) is 5.32. The van der Waals surface area contributed by atoms with Gasteiger partial charge >= 0.3 is 5.97 Å². The Morgan fingerprint density at radius 2 is 1.64 bits per heavy atom. The van der Waals surface area contributed by atoms with E-state index >= 15 is 0 Å². The standard InChI is InChI=1S/C25H25NO2/c1-2-3-8-19-16-26-14-13-18(19)15-25(27)28-17-24-22-11-6-4-9-20(22)21-10-5-7-12-23(21)24/h4-7,9-14,16,24H,2-3,8,15,17H2,1H3. The minimum atomic E-state index is -0.175. The molecule has 1 heterocycles. The van der Waals surface area contributed by atoms with Gasteiger partial charge in [0.1, 0.15) is 6.61 Å². The van der Waals surface area contributed by atoms with E-state index in [0.29, 0.717) is 13.0 Å². The molecule has 0 N–H and O–H groups in total. The van der Waals surface area contributed by atoms with Crippen molar-refractivity contribution in [3.63, 3.8) is 0 Å². The van der Waals surface area contributed by atoms with Crippen molar-refractivity contribution < 1.29 is 9.53 Å². The van der Waals surface area contributed by atoms with Crippen molar-refractivity contribution in [3.8, 4) is 11.1 Å². The lowest BCUT2D eigenvalue weighted by Crippen LogP contribution is -2.15. The second-order valence-corrected chi connectivity index (χ2v) is 7.33. The van der Waals surface area contributed by atoms with E-state index in [9.17, 15) is 4.79 Å². The molecule has 1 aromatic heterocycles. The molecule has 0 radical (unpaired) electrons. The Kier molecular flexibility index (Phi) is 5.52. The molecular formula is C25H25NO2. The minimum absolute atomic E-state index is 0.105. The molecule has 0 spiro atoms. The quantitative estimate of drug-likeness (QED) is 0.528. The number of aromatic nitrogens is 1. The zero-order valence-corrected chi connectivity index (χ0v) is 16.2. The van der Waals surface area contributed by atoms with Crippen LogP contribution in [0.3, 0.4) is 0 Å². The highest BCUT2D eigenvalue weighted by molar-refractivity contribution is 5.79. The lowest BCUT2D eigenvalue weighted by molar-refractivity contribution is -0.143. The lowest BCUT2D eigenvalue weighted by Gasteiger charge is -2.15. The van der Waals surface area contributed by atoms with Gasteiger partial charge in [-0.2, -0.15) is 0 Å². The number of unbranched alkanes of at least 4 members (excludes halogenated alkanes) is 1.